The van der Waals surface area contributed by atoms with Gasteiger partial charge in [0, 0.05) is 63.1 Å². The lowest BCUT2D eigenvalue weighted by Gasteiger charge is -2.16. The molecule has 0 radical (unpaired) electrons. The third kappa shape index (κ3) is 11.5. The monoisotopic (exact) mass is 874 g/mol. The summed E-state index contributed by atoms with van der Waals surface area (Å²) in [5.74, 6) is 0.918. The van der Waals surface area contributed by atoms with E-state index >= 15 is 0 Å². The summed E-state index contributed by atoms with van der Waals surface area (Å²) in [5, 5.41) is 6.56. The molecule has 0 saturated heterocycles. The van der Waals surface area contributed by atoms with E-state index in [1.165, 1.54) is 27.8 Å². The molecule has 65 heavy (non-hydrogen) atoms. The summed E-state index contributed by atoms with van der Waals surface area (Å²) in [5.41, 5.74) is 6.49. The van der Waals surface area contributed by atoms with Crippen LogP contribution in [0, 0.1) is 6.92 Å². The zero-order valence-corrected chi connectivity index (χ0v) is 36.4. The molecular formula is C52H49F3N8O2. The number of benzene rings is 4. The number of alkyl halides is 3. The number of hydrogen-bond acceptors (Lipinski definition) is 8. The second-order valence-corrected chi connectivity index (χ2v) is 15.5. The molecule has 4 heterocycles. The van der Waals surface area contributed by atoms with E-state index in [9.17, 15) is 22.8 Å². The van der Waals surface area contributed by atoms with Gasteiger partial charge in [0.2, 0.25) is 11.9 Å². The highest BCUT2D eigenvalue weighted by atomic mass is 19.4. The Morgan fingerprint density at radius 2 is 0.969 bits per heavy atom. The van der Waals surface area contributed by atoms with Crippen molar-refractivity contribution in [3.8, 4) is 44.8 Å². The van der Waals surface area contributed by atoms with Crippen LogP contribution in [0.4, 0.5) is 25.1 Å². The van der Waals surface area contributed by atoms with E-state index < -0.39 is 17.3 Å². The van der Waals surface area contributed by atoms with E-state index in [4.69, 9.17) is 4.98 Å². The molecule has 0 amide bonds. The van der Waals surface area contributed by atoms with Crippen LogP contribution < -0.4 is 21.8 Å². The highest BCUT2D eigenvalue weighted by Crippen LogP contribution is 2.35. The number of nitrogens with zero attached hydrogens (tertiary/aromatic N) is 6. The molecule has 4 aromatic heterocycles. The third-order valence-electron chi connectivity index (χ3n) is 10.8. The largest absolute Gasteiger partial charge is 0.416 e. The summed E-state index contributed by atoms with van der Waals surface area (Å²) in [6.45, 7) is 3.34. The average Bonchev–Trinajstić information content (AvgIpc) is 3.33. The van der Waals surface area contributed by atoms with Crippen molar-refractivity contribution in [1.82, 2.24) is 29.1 Å². The lowest BCUT2D eigenvalue weighted by Crippen LogP contribution is -2.25. The molecule has 10 nitrogen and oxygen atoms in total. The summed E-state index contributed by atoms with van der Waals surface area (Å²) in [7, 11) is 3.32. The summed E-state index contributed by atoms with van der Waals surface area (Å²) >= 11 is 0. The molecule has 8 aromatic rings. The van der Waals surface area contributed by atoms with E-state index in [1.54, 1.807) is 55.6 Å². The van der Waals surface area contributed by atoms with Crippen molar-refractivity contribution in [2.75, 3.05) is 23.7 Å². The molecule has 13 heteroatoms. The standard InChI is InChI=1S/C26H23F3N4O.C26H26N4O/c1-33-24(34)22(20-10-5-11-21(17-20)26(27,28)29)23(19-12-15-30-16-13-19)32-25(33)31-14-6-9-18-7-3-2-4-8-18;1-19-10-12-21(13-11-19)23-24(22-14-17-27-18-15-22)29-26(30(2)25(23)31)28-16-6-9-20-7-4-3-5-8-20/h2-5,7-8,10-13,15-17H,6,9,14H2,1H3,(H,31,32);3-5,7-8,10-15,17-18H,6,9,16H2,1-2H3,(H,28,29). The van der Waals surface area contributed by atoms with Crippen molar-refractivity contribution in [3.63, 3.8) is 0 Å². The fraction of sp³-hybridized carbons (Fsp3) is 0.192. The molecule has 0 unspecified atom stereocenters. The molecule has 0 bridgehead atoms. The predicted molar refractivity (Wildman–Crippen MR) is 253 cm³/mol. The normalized spacial score (nSPS) is 11.1. The number of anilines is 2. The van der Waals surface area contributed by atoms with Gasteiger partial charge in [0.15, 0.2) is 0 Å². The fourth-order valence-corrected chi connectivity index (χ4v) is 7.32. The first-order chi connectivity index (χ1) is 31.5. The smallest absolute Gasteiger partial charge is 0.356 e. The van der Waals surface area contributed by atoms with E-state index in [1.807, 2.05) is 67.6 Å². The SMILES string of the molecule is Cc1ccc(-c2c(-c3ccncc3)nc(NCCCc3ccccc3)n(C)c2=O)cc1.Cn1c(NCCCc2ccccc2)nc(-c2ccncc2)c(-c2cccc(C(F)(F)F)c2)c1=O. The van der Waals surface area contributed by atoms with E-state index in [0.29, 0.717) is 41.0 Å². The minimum atomic E-state index is -4.52. The van der Waals surface area contributed by atoms with Crippen molar-refractivity contribution in [3.05, 3.63) is 201 Å². The molecular weight excluding hydrogens is 826 g/mol. The minimum absolute atomic E-state index is 0.0729. The fourth-order valence-electron chi connectivity index (χ4n) is 7.32. The van der Waals surface area contributed by atoms with E-state index in [-0.39, 0.29) is 16.7 Å². The Kier molecular flexibility index (Phi) is 14.7. The number of pyridine rings is 2. The molecule has 0 fully saturated rings. The van der Waals surface area contributed by atoms with Gasteiger partial charge in [0.05, 0.1) is 28.1 Å². The van der Waals surface area contributed by atoms with Gasteiger partial charge in [0.25, 0.3) is 11.1 Å². The van der Waals surface area contributed by atoms with Crippen molar-refractivity contribution < 1.29 is 13.2 Å². The topological polar surface area (TPSA) is 120 Å². The van der Waals surface area contributed by atoms with Gasteiger partial charge in [-0.15, -0.1) is 0 Å². The van der Waals surface area contributed by atoms with Gasteiger partial charge in [-0.2, -0.15) is 13.2 Å². The molecule has 2 N–H and O–H groups in total. The Labute approximate surface area is 375 Å². The van der Waals surface area contributed by atoms with E-state index in [2.05, 4.69) is 62.0 Å². The van der Waals surface area contributed by atoms with Crippen molar-refractivity contribution >= 4 is 11.9 Å². The minimum Gasteiger partial charge on any atom is -0.356 e. The number of nitrogens with one attached hydrogen (secondary N) is 2. The molecule has 0 saturated carbocycles. The first-order valence-electron chi connectivity index (χ1n) is 21.3. The van der Waals surface area contributed by atoms with Crippen molar-refractivity contribution in [2.45, 2.75) is 38.8 Å². The predicted octanol–water partition coefficient (Wildman–Crippen LogP) is 10.4. The van der Waals surface area contributed by atoms with E-state index in [0.717, 1.165) is 61.1 Å². The third-order valence-corrected chi connectivity index (χ3v) is 10.8. The van der Waals surface area contributed by atoms with Crippen LogP contribution >= 0.6 is 0 Å². The van der Waals surface area contributed by atoms with Gasteiger partial charge in [-0.05, 0) is 91.3 Å². The van der Waals surface area contributed by atoms with Crippen LogP contribution in [-0.2, 0) is 33.1 Å². The van der Waals surface area contributed by atoms with Gasteiger partial charge in [-0.1, -0.05) is 103 Å². The number of rotatable bonds is 14. The van der Waals surface area contributed by atoms with Crippen LogP contribution in [0.2, 0.25) is 0 Å². The van der Waals surface area contributed by atoms with Crippen molar-refractivity contribution in [2.24, 2.45) is 14.1 Å². The highest BCUT2D eigenvalue weighted by molar-refractivity contribution is 5.82. The van der Waals surface area contributed by atoms with Gasteiger partial charge < -0.3 is 10.6 Å². The second-order valence-electron chi connectivity index (χ2n) is 15.5. The van der Waals surface area contributed by atoms with Gasteiger partial charge in [0.1, 0.15) is 0 Å². The summed E-state index contributed by atoms with van der Waals surface area (Å²) < 4.78 is 42.9. The molecule has 0 atom stereocenters. The quantitative estimate of drug-likeness (QED) is 0.104. The zero-order valence-electron chi connectivity index (χ0n) is 36.4. The van der Waals surface area contributed by atoms with Crippen LogP contribution in [0.5, 0.6) is 0 Å². The first-order valence-corrected chi connectivity index (χ1v) is 21.3. The van der Waals surface area contributed by atoms with Gasteiger partial charge >= 0.3 is 6.18 Å². The lowest BCUT2D eigenvalue weighted by atomic mass is 9.99. The molecule has 0 aliphatic carbocycles. The van der Waals surface area contributed by atoms with Crippen molar-refractivity contribution in [1.29, 1.82) is 0 Å². The first kappa shape index (κ1) is 45.4. The molecule has 0 aliphatic heterocycles. The number of hydrogen-bond donors (Lipinski definition) is 2. The summed E-state index contributed by atoms with van der Waals surface area (Å²) in [4.78, 5) is 44.4. The maximum atomic E-state index is 13.4. The summed E-state index contributed by atoms with van der Waals surface area (Å²) in [6.07, 6.45) is 5.63. The molecule has 0 spiro atoms. The number of aromatic nitrogens is 6. The molecule has 0 aliphatic rings. The van der Waals surface area contributed by atoms with Crippen LogP contribution in [0.3, 0.4) is 0 Å². The van der Waals surface area contributed by atoms with Crippen LogP contribution in [0.25, 0.3) is 44.8 Å². The van der Waals surface area contributed by atoms with Gasteiger partial charge in [-0.25, -0.2) is 9.97 Å². The van der Waals surface area contributed by atoms with Crippen LogP contribution in [-0.4, -0.2) is 42.2 Å². The Bertz CT molecular complexity index is 2930. The highest BCUT2D eigenvalue weighted by Gasteiger charge is 2.31. The maximum Gasteiger partial charge on any atom is 0.416 e. The summed E-state index contributed by atoms with van der Waals surface area (Å²) in [6, 6.07) is 40.3. The zero-order chi connectivity index (χ0) is 45.8. The number of aryl methyl sites for hydroxylation is 3. The Hall–Kier alpha value is -7.67. The molecule has 8 rings (SSSR count). The second kappa shape index (κ2) is 21.1. The molecule has 330 valence electrons. The Morgan fingerprint density at radius 3 is 1.42 bits per heavy atom. The maximum absolute atomic E-state index is 13.4. The van der Waals surface area contributed by atoms with Crippen LogP contribution in [0.15, 0.2) is 168 Å². The molecule has 4 aromatic carbocycles. The van der Waals surface area contributed by atoms with Crippen LogP contribution in [0.1, 0.15) is 35.1 Å². The van der Waals surface area contributed by atoms with Gasteiger partial charge in [-0.3, -0.25) is 28.7 Å². The number of halogens is 3. The lowest BCUT2D eigenvalue weighted by molar-refractivity contribution is -0.137. The average molecular weight is 875 g/mol. The Balaban J connectivity index is 0.000000195. The Morgan fingerprint density at radius 1 is 0.523 bits per heavy atom.